The third-order valence-corrected chi connectivity index (χ3v) is 4.42. The smallest absolute Gasteiger partial charge is 0.407 e. The van der Waals surface area contributed by atoms with Crippen LogP contribution < -0.4 is 5.32 Å². The minimum absolute atomic E-state index is 0.0320. The lowest BCUT2D eigenvalue weighted by molar-refractivity contribution is 0.134. The first kappa shape index (κ1) is 15.1. The molecule has 1 amide bonds. The molecule has 0 aliphatic heterocycles. The Morgan fingerprint density at radius 2 is 2.05 bits per heavy atom. The number of hydrogen-bond donors (Lipinski definition) is 1. The maximum absolute atomic E-state index is 12.0. The number of carbonyl (C=O) groups excluding carboxylic acids is 1. The molecule has 1 aliphatic carbocycles. The summed E-state index contributed by atoms with van der Waals surface area (Å²) in [5, 5.41) is 2.99. The predicted octanol–water partition coefficient (Wildman–Crippen LogP) is 4.75. The molecular formula is C18H18BrNO2. The third-order valence-electron chi connectivity index (χ3n) is 3.93. The standard InChI is InChI=1S/C18H18BrNO2/c19-15-10-9-14-7-4-8-17(16(14)11-15)20-18(21)22-12-13-5-2-1-3-6-13/h1-3,5-6,9-11,17H,4,7-8,12H2,(H,20,21)/t17-/m0/s1. The van der Waals surface area contributed by atoms with Crippen molar-refractivity contribution >= 4 is 22.0 Å². The van der Waals surface area contributed by atoms with Crippen molar-refractivity contribution in [3.63, 3.8) is 0 Å². The first-order valence-electron chi connectivity index (χ1n) is 7.48. The molecule has 3 nitrogen and oxygen atoms in total. The number of amides is 1. The van der Waals surface area contributed by atoms with Crippen molar-refractivity contribution in [1.29, 1.82) is 0 Å². The fraction of sp³-hybridized carbons (Fsp3) is 0.278. The van der Waals surface area contributed by atoms with E-state index in [2.05, 4.69) is 39.4 Å². The van der Waals surface area contributed by atoms with E-state index in [-0.39, 0.29) is 12.1 Å². The van der Waals surface area contributed by atoms with Crippen molar-refractivity contribution in [3.8, 4) is 0 Å². The molecular weight excluding hydrogens is 342 g/mol. The molecule has 0 saturated carbocycles. The Balaban J connectivity index is 1.62. The number of nitrogens with one attached hydrogen (secondary N) is 1. The van der Waals surface area contributed by atoms with Crippen LogP contribution in [0.5, 0.6) is 0 Å². The molecule has 22 heavy (non-hydrogen) atoms. The molecule has 0 radical (unpaired) electrons. The van der Waals surface area contributed by atoms with Crippen LogP contribution in [0.3, 0.4) is 0 Å². The zero-order valence-corrected chi connectivity index (χ0v) is 13.8. The molecule has 0 heterocycles. The number of ether oxygens (including phenoxy) is 1. The zero-order chi connectivity index (χ0) is 15.4. The Morgan fingerprint density at radius 3 is 2.86 bits per heavy atom. The van der Waals surface area contributed by atoms with Crippen molar-refractivity contribution in [2.45, 2.75) is 31.9 Å². The van der Waals surface area contributed by atoms with Crippen LogP contribution in [0.1, 0.15) is 35.6 Å². The van der Waals surface area contributed by atoms with Crippen LogP contribution in [-0.2, 0) is 17.8 Å². The van der Waals surface area contributed by atoms with Gasteiger partial charge < -0.3 is 10.1 Å². The lowest BCUT2D eigenvalue weighted by atomic mass is 9.88. The zero-order valence-electron chi connectivity index (χ0n) is 12.2. The number of benzene rings is 2. The quantitative estimate of drug-likeness (QED) is 0.858. The molecule has 0 unspecified atom stereocenters. The molecule has 0 spiro atoms. The second kappa shape index (κ2) is 6.97. The van der Waals surface area contributed by atoms with Crippen molar-refractivity contribution in [3.05, 3.63) is 69.7 Å². The summed E-state index contributed by atoms with van der Waals surface area (Å²) < 4.78 is 6.35. The lowest BCUT2D eigenvalue weighted by Gasteiger charge is -2.26. The highest BCUT2D eigenvalue weighted by atomic mass is 79.9. The molecule has 114 valence electrons. The summed E-state index contributed by atoms with van der Waals surface area (Å²) in [4.78, 5) is 12.0. The Labute approximate surface area is 138 Å². The SMILES string of the molecule is O=C(N[C@H]1CCCc2ccc(Br)cc21)OCc1ccccc1. The van der Waals surface area contributed by atoms with Gasteiger partial charge in [0.15, 0.2) is 0 Å². The largest absolute Gasteiger partial charge is 0.445 e. The Hall–Kier alpha value is -1.81. The van der Waals surface area contributed by atoms with E-state index in [0.717, 1.165) is 29.3 Å². The van der Waals surface area contributed by atoms with Crippen LogP contribution in [-0.4, -0.2) is 6.09 Å². The van der Waals surface area contributed by atoms with Gasteiger partial charge in [0.2, 0.25) is 0 Å². The first-order valence-corrected chi connectivity index (χ1v) is 8.27. The average Bonchev–Trinajstić information content (AvgIpc) is 2.54. The summed E-state index contributed by atoms with van der Waals surface area (Å²) in [7, 11) is 0. The molecule has 0 fully saturated rings. The van der Waals surface area contributed by atoms with Gasteiger partial charge in [-0.2, -0.15) is 0 Å². The number of fused-ring (bicyclic) bond motifs is 1. The molecule has 0 bridgehead atoms. The van der Waals surface area contributed by atoms with Gasteiger partial charge >= 0.3 is 6.09 Å². The van der Waals surface area contributed by atoms with Crippen LogP contribution in [0.2, 0.25) is 0 Å². The molecule has 0 saturated heterocycles. The minimum Gasteiger partial charge on any atom is -0.445 e. The van der Waals surface area contributed by atoms with Gasteiger partial charge in [0.05, 0.1) is 6.04 Å². The fourth-order valence-electron chi connectivity index (χ4n) is 2.83. The van der Waals surface area contributed by atoms with E-state index in [9.17, 15) is 4.79 Å². The van der Waals surface area contributed by atoms with E-state index in [4.69, 9.17) is 4.74 Å². The fourth-order valence-corrected chi connectivity index (χ4v) is 3.21. The van der Waals surface area contributed by atoms with Crippen LogP contribution in [0.4, 0.5) is 4.79 Å². The number of alkyl carbamates (subject to hydrolysis) is 1. The Kier molecular flexibility index (Phi) is 4.78. The highest BCUT2D eigenvalue weighted by molar-refractivity contribution is 9.10. The van der Waals surface area contributed by atoms with Gasteiger partial charge in [0.25, 0.3) is 0 Å². The molecule has 1 N–H and O–H groups in total. The van der Waals surface area contributed by atoms with Gasteiger partial charge in [-0.25, -0.2) is 4.79 Å². The summed E-state index contributed by atoms with van der Waals surface area (Å²) in [6, 6.07) is 16.0. The summed E-state index contributed by atoms with van der Waals surface area (Å²) >= 11 is 3.50. The van der Waals surface area contributed by atoms with Crippen LogP contribution in [0, 0.1) is 0 Å². The van der Waals surface area contributed by atoms with Gasteiger partial charge in [-0.15, -0.1) is 0 Å². The molecule has 2 aromatic carbocycles. The monoisotopic (exact) mass is 359 g/mol. The summed E-state index contributed by atoms with van der Waals surface area (Å²) in [5.74, 6) is 0. The van der Waals surface area contributed by atoms with Crippen LogP contribution >= 0.6 is 15.9 Å². The number of aryl methyl sites for hydroxylation is 1. The topological polar surface area (TPSA) is 38.3 Å². The highest BCUT2D eigenvalue weighted by Gasteiger charge is 2.22. The first-order chi connectivity index (χ1) is 10.7. The van der Waals surface area contributed by atoms with Gasteiger partial charge in [-0.3, -0.25) is 0 Å². The molecule has 3 rings (SSSR count). The van der Waals surface area contributed by atoms with E-state index in [0.29, 0.717) is 6.61 Å². The van der Waals surface area contributed by atoms with E-state index < -0.39 is 0 Å². The highest BCUT2D eigenvalue weighted by Crippen LogP contribution is 2.31. The van der Waals surface area contributed by atoms with Crippen molar-refractivity contribution in [2.75, 3.05) is 0 Å². The van der Waals surface area contributed by atoms with Crippen molar-refractivity contribution < 1.29 is 9.53 Å². The molecule has 4 heteroatoms. The van der Waals surface area contributed by atoms with E-state index >= 15 is 0 Å². The second-order valence-corrected chi connectivity index (χ2v) is 6.41. The molecule has 1 aliphatic rings. The van der Waals surface area contributed by atoms with Crippen LogP contribution in [0.25, 0.3) is 0 Å². The second-order valence-electron chi connectivity index (χ2n) is 5.49. The summed E-state index contributed by atoms with van der Waals surface area (Å²) in [6.45, 7) is 0.296. The normalized spacial score (nSPS) is 16.7. The number of rotatable bonds is 3. The molecule has 0 aromatic heterocycles. The van der Waals surface area contributed by atoms with Gasteiger partial charge in [0, 0.05) is 4.47 Å². The number of hydrogen-bond acceptors (Lipinski definition) is 2. The maximum atomic E-state index is 12.0. The van der Waals surface area contributed by atoms with Gasteiger partial charge in [-0.1, -0.05) is 52.3 Å². The number of carbonyl (C=O) groups is 1. The third kappa shape index (κ3) is 3.69. The average molecular weight is 360 g/mol. The predicted molar refractivity (Wildman–Crippen MR) is 89.6 cm³/mol. The molecule has 2 aromatic rings. The van der Waals surface area contributed by atoms with Gasteiger partial charge in [-0.05, 0) is 48.1 Å². The van der Waals surface area contributed by atoms with E-state index in [1.165, 1.54) is 11.1 Å². The van der Waals surface area contributed by atoms with Crippen molar-refractivity contribution in [1.82, 2.24) is 5.32 Å². The maximum Gasteiger partial charge on any atom is 0.407 e. The number of halogens is 1. The van der Waals surface area contributed by atoms with E-state index in [1.54, 1.807) is 0 Å². The lowest BCUT2D eigenvalue weighted by Crippen LogP contribution is -2.31. The van der Waals surface area contributed by atoms with Crippen molar-refractivity contribution in [2.24, 2.45) is 0 Å². The Bertz CT molecular complexity index is 657. The van der Waals surface area contributed by atoms with Crippen LogP contribution in [0.15, 0.2) is 53.0 Å². The molecule has 1 atom stereocenters. The minimum atomic E-state index is -0.360. The summed E-state index contributed by atoms with van der Waals surface area (Å²) in [6.07, 6.45) is 2.74. The summed E-state index contributed by atoms with van der Waals surface area (Å²) in [5.41, 5.74) is 3.49. The Morgan fingerprint density at radius 1 is 1.23 bits per heavy atom. The van der Waals surface area contributed by atoms with E-state index in [1.807, 2.05) is 30.3 Å². The van der Waals surface area contributed by atoms with Gasteiger partial charge in [0.1, 0.15) is 6.61 Å².